The molecule has 0 atom stereocenters. The summed E-state index contributed by atoms with van der Waals surface area (Å²) in [7, 11) is 1.60. The number of methoxy groups -OCH3 is 1. The van der Waals surface area contributed by atoms with Crippen LogP contribution in [0.2, 0.25) is 0 Å². The first-order valence-corrected chi connectivity index (χ1v) is 8.90. The average molecular weight is 364 g/mol. The summed E-state index contributed by atoms with van der Waals surface area (Å²) in [4.78, 5) is 19.4. The van der Waals surface area contributed by atoms with Crippen LogP contribution in [0, 0.1) is 0 Å². The topological polar surface area (TPSA) is 55.6 Å². The number of rotatable bonds is 5. The first-order valence-electron chi connectivity index (χ1n) is 8.08. The van der Waals surface area contributed by atoms with Crippen LogP contribution in [0.1, 0.15) is 16.1 Å². The van der Waals surface area contributed by atoms with Gasteiger partial charge in [0.05, 0.1) is 30.1 Å². The lowest BCUT2D eigenvalue weighted by atomic mass is 10.2. The number of carbonyl (C=O) groups is 1. The van der Waals surface area contributed by atoms with E-state index in [1.807, 2.05) is 36.4 Å². The van der Waals surface area contributed by atoms with E-state index in [1.165, 1.54) is 11.3 Å². The molecule has 4 rings (SSSR count). The normalized spacial score (nSPS) is 10.8. The number of carbonyl (C=O) groups excluding carboxylic acids is 1. The molecule has 0 bridgehead atoms. The Morgan fingerprint density at radius 1 is 1.12 bits per heavy atom. The second-order valence-corrected chi connectivity index (χ2v) is 6.67. The minimum atomic E-state index is -0.136. The van der Waals surface area contributed by atoms with Gasteiger partial charge in [-0.15, -0.1) is 0 Å². The van der Waals surface area contributed by atoms with Crippen LogP contribution >= 0.6 is 11.3 Å². The molecule has 0 radical (unpaired) electrons. The van der Waals surface area contributed by atoms with Gasteiger partial charge in [0.1, 0.15) is 11.5 Å². The highest BCUT2D eigenvalue weighted by Gasteiger charge is 2.22. The molecular formula is C20H16N2O3S. The second kappa shape index (κ2) is 7.01. The highest BCUT2D eigenvalue weighted by Crippen LogP contribution is 2.31. The highest BCUT2D eigenvalue weighted by atomic mass is 32.1. The molecule has 0 aliphatic carbocycles. The van der Waals surface area contributed by atoms with Crippen LogP contribution in [0.25, 0.3) is 10.2 Å². The van der Waals surface area contributed by atoms with Gasteiger partial charge in [-0.25, -0.2) is 4.98 Å². The van der Waals surface area contributed by atoms with Crippen molar-refractivity contribution >= 4 is 32.6 Å². The Morgan fingerprint density at radius 3 is 2.62 bits per heavy atom. The second-order valence-electron chi connectivity index (χ2n) is 5.66. The molecule has 0 aliphatic rings. The number of benzene rings is 2. The summed E-state index contributed by atoms with van der Waals surface area (Å²) in [6.07, 6.45) is 1.60. The summed E-state index contributed by atoms with van der Waals surface area (Å²) in [5.41, 5.74) is 1.44. The summed E-state index contributed by atoms with van der Waals surface area (Å²) in [5.74, 6) is 1.27. The minimum Gasteiger partial charge on any atom is -0.497 e. The van der Waals surface area contributed by atoms with Crippen molar-refractivity contribution < 1.29 is 13.9 Å². The molecule has 5 nitrogen and oxygen atoms in total. The molecule has 130 valence electrons. The molecule has 0 saturated heterocycles. The number of para-hydroxylation sites is 1. The Balaban J connectivity index is 1.72. The number of thiazole rings is 1. The quantitative estimate of drug-likeness (QED) is 0.513. The van der Waals surface area contributed by atoms with E-state index in [0.717, 1.165) is 10.2 Å². The third kappa shape index (κ3) is 3.19. The fraction of sp³-hybridized carbons (Fsp3) is 0.100. The maximum Gasteiger partial charge on any atom is 0.260 e. The van der Waals surface area contributed by atoms with Crippen LogP contribution in [0.4, 0.5) is 5.13 Å². The maximum atomic E-state index is 13.2. The smallest absolute Gasteiger partial charge is 0.260 e. The van der Waals surface area contributed by atoms with Crippen molar-refractivity contribution in [2.75, 3.05) is 12.0 Å². The number of hydrogen-bond acceptors (Lipinski definition) is 5. The minimum absolute atomic E-state index is 0.136. The summed E-state index contributed by atoms with van der Waals surface area (Å²) >= 11 is 1.49. The number of furan rings is 1. The SMILES string of the molecule is COc1ccc(C(=O)N(Cc2ccco2)c2nc3ccccc3s2)cc1. The summed E-state index contributed by atoms with van der Waals surface area (Å²) < 4.78 is 11.7. The Hall–Kier alpha value is -3.12. The third-order valence-electron chi connectivity index (χ3n) is 3.99. The van der Waals surface area contributed by atoms with E-state index in [9.17, 15) is 4.79 Å². The van der Waals surface area contributed by atoms with Crippen LogP contribution in [-0.4, -0.2) is 18.0 Å². The van der Waals surface area contributed by atoms with E-state index in [0.29, 0.717) is 28.7 Å². The zero-order chi connectivity index (χ0) is 17.9. The van der Waals surface area contributed by atoms with E-state index < -0.39 is 0 Å². The fourth-order valence-electron chi connectivity index (χ4n) is 2.65. The van der Waals surface area contributed by atoms with Crippen LogP contribution in [-0.2, 0) is 6.54 Å². The number of aromatic nitrogens is 1. The van der Waals surface area contributed by atoms with Gasteiger partial charge in [0.2, 0.25) is 0 Å². The van der Waals surface area contributed by atoms with E-state index >= 15 is 0 Å². The molecule has 0 saturated carbocycles. The third-order valence-corrected chi connectivity index (χ3v) is 5.05. The van der Waals surface area contributed by atoms with Crippen molar-refractivity contribution in [3.63, 3.8) is 0 Å². The van der Waals surface area contributed by atoms with Crippen molar-refractivity contribution in [1.82, 2.24) is 4.98 Å². The lowest BCUT2D eigenvalue weighted by Crippen LogP contribution is -2.30. The first-order chi connectivity index (χ1) is 12.7. The molecule has 0 spiro atoms. The largest absolute Gasteiger partial charge is 0.497 e. The lowest BCUT2D eigenvalue weighted by molar-refractivity contribution is 0.0983. The number of nitrogens with zero attached hydrogens (tertiary/aromatic N) is 2. The van der Waals surface area contributed by atoms with Crippen molar-refractivity contribution in [2.45, 2.75) is 6.54 Å². The van der Waals surface area contributed by atoms with Gasteiger partial charge in [-0.2, -0.15) is 0 Å². The number of amides is 1. The van der Waals surface area contributed by atoms with Gasteiger partial charge < -0.3 is 9.15 Å². The molecule has 0 aliphatic heterocycles. The molecule has 2 aromatic heterocycles. The molecule has 6 heteroatoms. The van der Waals surface area contributed by atoms with Gasteiger partial charge in [-0.05, 0) is 48.5 Å². The Kier molecular flexibility index (Phi) is 4.41. The Labute approximate surface area is 154 Å². The van der Waals surface area contributed by atoms with E-state index in [2.05, 4.69) is 4.98 Å². The lowest BCUT2D eigenvalue weighted by Gasteiger charge is -2.19. The van der Waals surface area contributed by atoms with Crippen LogP contribution < -0.4 is 9.64 Å². The summed E-state index contributed by atoms with van der Waals surface area (Å²) in [6.45, 7) is 0.317. The van der Waals surface area contributed by atoms with E-state index in [1.54, 1.807) is 42.5 Å². The van der Waals surface area contributed by atoms with Gasteiger partial charge in [0, 0.05) is 5.56 Å². The van der Waals surface area contributed by atoms with Gasteiger partial charge in [0.25, 0.3) is 5.91 Å². The number of anilines is 1. The molecule has 0 N–H and O–H groups in total. The fourth-order valence-corrected chi connectivity index (χ4v) is 3.61. The van der Waals surface area contributed by atoms with Crippen LogP contribution in [0.5, 0.6) is 5.75 Å². The van der Waals surface area contributed by atoms with Gasteiger partial charge in [0.15, 0.2) is 5.13 Å². The zero-order valence-electron chi connectivity index (χ0n) is 14.1. The average Bonchev–Trinajstić information content (AvgIpc) is 3.34. The highest BCUT2D eigenvalue weighted by molar-refractivity contribution is 7.22. The van der Waals surface area contributed by atoms with Crippen LogP contribution in [0.3, 0.4) is 0 Å². The molecule has 0 fully saturated rings. The van der Waals surface area contributed by atoms with Crippen LogP contribution in [0.15, 0.2) is 71.3 Å². The number of hydrogen-bond donors (Lipinski definition) is 0. The van der Waals surface area contributed by atoms with Crippen molar-refractivity contribution in [3.05, 3.63) is 78.3 Å². The molecule has 1 amide bonds. The molecule has 2 aromatic carbocycles. The van der Waals surface area contributed by atoms with Crippen molar-refractivity contribution in [1.29, 1.82) is 0 Å². The van der Waals surface area contributed by atoms with E-state index in [4.69, 9.17) is 9.15 Å². The van der Waals surface area contributed by atoms with Crippen molar-refractivity contribution in [3.8, 4) is 5.75 Å². The molecule has 2 heterocycles. The zero-order valence-corrected chi connectivity index (χ0v) is 14.9. The maximum absolute atomic E-state index is 13.2. The number of fused-ring (bicyclic) bond motifs is 1. The summed E-state index contributed by atoms with van der Waals surface area (Å²) in [5, 5.41) is 0.642. The first kappa shape index (κ1) is 16.4. The molecule has 4 aromatic rings. The Bertz CT molecular complexity index is 990. The molecule has 0 unspecified atom stereocenters. The predicted octanol–water partition coefficient (Wildman–Crippen LogP) is 4.74. The monoisotopic (exact) mass is 364 g/mol. The molecular weight excluding hydrogens is 348 g/mol. The number of ether oxygens (including phenoxy) is 1. The van der Waals surface area contributed by atoms with Crippen molar-refractivity contribution in [2.24, 2.45) is 0 Å². The summed E-state index contributed by atoms with van der Waals surface area (Å²) in [6, 6.07) is 18.6. The van der Waals surface area contributed by atoms with E-state index in [-0.39, 0.29) is 5.91 Å². The van der Waals surface area contributed by atoms with Gasteiger partial charge >= 0.3 is 0 Å². The van der Waals surface area contributed by atoms with Gasteiger partial charge in [-0.1, -0.05) is 23.5 Å². The van der Waals surface area contributed by atoms with Gasteiger partial charge in [-0.3, -0.25) is 9.69 Å². The molecule has 26 heavy (non-hydrogen) atoms. The predicted molar refractivity (Wildman–Crippen MR) is 102 cm³/mol. The standard InChI is InChI=1S/C20H16N2O3S/c1-24-15-10-8-14(9-11-15)19(23)22(13-16-5-4-12-25-16)20-21-17-6-2-3-7-18(17)26-20/h2-12H,13H2,1H3. The Morgan fingerprint density at radius 2 is 1.92 bits per heavy atom.